The van der Waals surface area contributed by atoms with Crippen molar-refractivity contribution in [3.05, 3.63) is 29.3 Å². The van der Waals surface area contributed by atoms with E-state index in [1.54, 1.807) is 13.8 Å². The fraction of sp³-hybridized carbons (Fsp3) is 0.462. The summed E-state index contributed by atoms with van der Waals surface area (Å²) in [5.74, 6) is -0.436. The molecular formula is C13H15F3O3. The number of carbonyl (C=O) groups excluding carboxylic acids is 1. The molecule has 0 spiro atoms. The summed E-state index contributed by atoms with van der Waals surface area (Å²) in [6.07, 6.45) is -4.55. The van der Waals surface area contributed by atoms with Gasteiger partial charge in [-0.25, -0.2) is 0 Å². The van der Waals surface area contributed by atoms with Crippen molar-refractivity contribution in [2.45, 2.75) is 26.4 Å². The van der Waals surface area contributed by atoms with Crippen molar-refractivity contribution in [2.24, 2.45) is 0 Å². The second-order valence-corrected chi connectivity index (χ2v) is 3.74. The first-order valence-corrected chi connectivity index (χ1v) is 5.87. The first kappa shape index (κ1) is 15.3. The van der Waals surface area contributed by atoms with Crippen LogP contribution < -0.4 is 4.74 Å². The monoisotopic (exact) mass is 276 g/mol. The van der Waals surface area contributed by atoms with Gasteiger partial charge in [-0.15, -0.1) is 0 Å². The molecule has 0 aliphatic carbocycles. The molecule has 0 saturated heterocycles. The predicted octanol–water partition coefficient (Wildman–Crippen LogP) is 3.21. The Morgan fingerprint density at radius 1 is 1.21 bits per heavy atom. The fourth-order valence-corrected chi connectivity index (χ4v) is 1.53. The van der Waals surface area contributed by atoms with Gasteiger partial charge < -0.3 is 9.47 Å². The van der Waals surface area contributed by atoms with Crippen LogP contribution in [0.2, 0.25) is 0 Å². The maximum atomic E-state index is 12.6. The van der Waals surface area contributed by atoms with E-state index in [1.165, 1.54) is 6.07 Å². The minimum absolute atomic E-state index is 0.0605. The minimum atomic E-state index is -4.44. The third-order valence-corrected chi connectivity index (χ3v) is 2.33. The van der Waals surface area contributed by atoms with Gasteiger partial charge in [-0.2, -0.15) is 13.2 Å². The van der Waals surface area contributed by atoms with Crippen molar-refractivity contribution in [3.8, 4) is 5.75 Å². The number of rotatable bonds is 5. The van der Waals surface area contributed by atoms with Crippen molar-refractivity contribution in [1.29, 1.82) is 0 Å². The van der Waals surface area contributed by atoms with Crippen LogP contribution in [0, 0.1) is 0 Å². The first-order valence-electron chi connectivity index (χ1n) is 5.87. The topological polar surface area (TPSA) is 35.5 Å². The van der Waals surface area contributed by atoms with Crippen molar-refractivity contribution in [2.75, 3.05) is 13.2 Å². The number of halogens is 3. The molecule has 0 aliphatic heterocycles. The van der Waals surface area contributed by atoms with E-state index in [0.717, 1.165) is 12.1 Å². The second-order valence-electron chi connectivity index (χ2n) is 3.74. The Kier molecular flexibility index (Phi) is 5.20. The normalized spacial score (nSPS) is 11.2. The molecule has 0 fully saturated rings. The third kappa shape index (κ3) is 4.46. The van der Waals surface area contributed by atoms with Gasteiger partial charge in [0.1, 0.15) is 5.75 Å². The molecule has 0 bridgehead atoms. The maximum Gasteiger partial charge on any atom is 0.416 e. The zero-order chi connectivity index (χ0) is 14.5. The molecule has 19 heavy (non-hydrogen) atoms. The molecule has 0 unspecified atom stereocenters. The van der Waals surface area contributed by atoms with Gasteiger partial charge in [-0.05, 0) is 26.0 Å². The molecule has 0 atom stereocenters. The number of benzene rings is 1. The number of hydrogen-bond donors (Lipinski definition) is 0. The molecule has 0 radical (unpaired) electrons. The van der Waals surface area contributed by atoms with Crippen LogP contribution in [0.4, 0.5) is 13.2 Å². The lowest BCUT2D eigenvalue weighted by molar-refractivity contribution is -0.142. The smallest absolute Gasteiger partial charge is 0.416 e. The number of esters is 1. The SMILES string of the molecule is CCOC(=O)Cc1ccc(C(F)(F)F)cc1OCC. The van der Waals surface area contributed by atoms with Crippen molar-refractivity contribution >= 4 is 5.97 Å². The van der Waals surface area contributed by atoms with Crippen LogP contribution in [0.1, 0.15) is 25.0 Å². The maximum absolute atomic E-state index is 12.6. The summed E-state index contributed by atoms with van der Waals surface area (Å²) < 4.78 is 47.6. The largest absolute Gasteiger partial charge is 0.494 e. The Labute approximate surface area is 109 Å². The lowest BCUT2D eigenvalue weighted by Crippen LogP contribution is -2.11. The van der Waals surface area contributed by atoms with Gasteiger partial charge in [0.25, 0.3) is 0 Å². The van der Waals surface area contributed by atoms with Crippen molar-refractivity contribution in [3.63, 3.8) is 0 Å². The zero-order valence-electron chi connectivity index (χ0n) is 10.7. The summed E-state index contributed by atoms with van der Waals surface area (Å²) in [4.78, 5) is 11.4. The number of hydrogen-bond acceptors (Lipinski definition) is 3. The highest BCUT2D eigenvalue weighted by atomic mass is 19.4. The van der Waals surface area contributed by atoms with Crippen LogP contribution in [-0.2, 0) is 22.1 Å². The average molecular weight is 276 g/mol. The lowest BCUT2D eigenvalue weighted by atomic mass is 10.1. The summed E-state index contributed by atoms with van der Waals surface area (Å²) in [5.41, 5.74) is -0.420. The molecule has 106 valence electrons. The van der Waals surface area contributed by atoms with Crippen LogP contribution >= 0.6 is 0 Å². The number of carbonyl (C=O) groups is 1. The van der Waals surface area contributed by atoms with E-state index in [2.05, 4.69) is 0 Å². The summed E-state index contributed by atoms with van der Waals surface area (Å²) in [7, 11) is 0. The molecule has 6 heteroatoms. The van der Waals surface area contributed by atoms with Crippen LogP contribution in [-0.4, -0.2) is 19.2 Å². The zero-order valence-corrected chi connectivity index (χ0v) is 10.7. The Bertz CT molecular complexity index is 441. The molecule has 1 rings (SSSR count). The number of alkyl halides is 3. The molecule has 0 N–H and O–H groups in total. The fourth-order valence-electron chi connectivity index (χ4n) is 1.53. The number of ether oxygens (including phenoxy) is 2. The van der Waals surface area contributed by atoms with E-state index in [9.17, 15) is 18.0 Å². The van der Waals surface area contributed by atoms with E-state index < -0.39 is 17.7 Å². The molecule has 0 aromatic heterocycles. The van der Waals surface area contributed by atoms with Gasteiger partial charge >= 0.3 is 12.1 Å². The Hall–Kier alpha value is -1.72. The molecule has 0 amide bonds. The highest BCUT2D eigenvalue weighted by Gasteiger charge is 2.31. The van der Waals surface area contributed by atoms with Gasteiger partial charge in [0, 0.05) is 5.56 Å². The molecule has 1 aromatic rings. The van der Waals surface area contributed by atoms with Gasteiger partial charge in [0.05, 0.1) is 25.2 Å². The molecule has 0 aliphatic rings. The minimum Gasteiger partial charge on any atom is -0.494 e. The van der Waals surface area contributed by atoms with Gasteiger partial charge in [-0.3, -0.25) is 4.79 Å². The summed E-state index contributed by atoms with van der Waals surface area (Å²) in [5, 5.41) is 0. The average Bonchev–Trinajstić information content (AvgIpc) is 2.30. The second kappa shape index (κ2) is 6.45. The predicted molar refractivity (Wildman–Crippen MR) is 63.0 cm³/mol. The van der Waals surface area contributed by atoms with E-state index in [0.29, 0.717) is 5.56 Å². The van der Waals surface area contributed by atoms with Gasteiger partial charge in [0.2, 0.25) is 0 Å². The Morgan fingerprint density at radius 2 is 1.89 bits per heavy atom. The van der Waals surface area contributed by atoms with Gasteiger partial charge in [0.15, 0.2) is 0 Å². The molecule has 0 heterocycles. The van der Waals surface area contributed by atoms with Gasteiger partial charge in [-0.1, -0.05) is 6.07 Å². The molecule has 1 aromatic carbocycles. The first-order chi connectivity index (χ1) is 8.88. The standard InChI is InChI=1S/C13H15F3O3/c1-3-18-11-8-10(13(14,15)16)6-5-9(11)7-12(17)19-4-2/h5-6,8H,3-4,7H2,1-2H3. The van der Waals surface area contributed by atoms with Crippen LogP contribution in [0.5, 0.6) is 5.75 Å². The Balaban J connectivity index is 3.01. The van der Waals surface area contributed by atoms with E-state index >= 15 is 0 Å². The third-order valence-electron chi connectivity index (χ3n) is 2.33. The van der Waals surface area contributed by atoms with Crippen molar-refractivity contribution < 1.29 is 27.4 Å². The van der Waals surface area contributed by atoms with Crippen molar-refractivity contribution in [1.82, 2.24) is 0 Å². The van der Waals surface area contributed by atoms with Crippen LogP contribution in [0.3, 0.4) is 0 Å². The van der Waals surface area contributed by atoms with E-state index in [1.807, 2.05) is 0 Å². The summed E-state index contributed by atoms with van der Waals surface area (Å²) >= 11 is 0. The Morgan fingerprint density at radius 3 is 2.42 bits per heavy atom. The van der Waals surface area contributed by atoms with Crippen LogP contribution in [0.25, 0.3) is 0 Å². The quantitative estimate of drug-likeness (QED) is 0.775. The molecule has 0 saturated carbocycles. The highest BCUT2D eigenvalue weighted by molar-refractivity contribution is 5.73. The lowest BCUT2D eigenvalue weighted by Gasteiger charge is -2.13. The van der Waals surface area contributed by atoms with E-state index in [-0.39, 0.29) is 25.4 Å². The highest BCUT2D eigenvalue weighted by Crippen LogP contribution is 2.33. The molecule has 3 nitrogen and oxygen atoms in total. The summed E-state index contributed by atoms with van der Waals surface area (Å²) in [6.45, 7) is 3.77. The molecular weight excluding hydrogens is 261 g/mol. The van der Waals surface area contributed by atoms with E-state index in [4.69, 9.17) is 9.47 Å². The summed E-state index contributed by atoms with van der Waals surface area (Å²) in [6, 6.07) is 3.07. The van der Waals surface area contributed by atoms with Crippen LogP contribution in [0.15, 0.2) is 18.2 Å².